The van der Waals surface area contributed by atoms with Crippen molar-refractivity contribution in [2.75, 3.05) is 5.32 Å². The molecular formula is C19H16FNO3. The summed E-state index contributed by atoms with van der Waals surface area (Å²) < 4.78 is 12.9. The van der Waals surface area contributed by atoms with Crippen LogP contribution in [0.25, 0.3) is 0 Å². The Morgan fingerprint density at radius 2 is 1.50 bits per heavy atom. The van der Waals surface area contributed by atoms with Gasteiger partial charge in [0.05, 0.1) is 0 Å². The van der Waals surface area contributed by atoms with E-state index in [0.29, 0.717) is 5.69 Å². The third-order valence-electron chi connectivity index (χ3n) is 4.18. The van der Waals surface area contributed by atoms with Crippen molar-refractivity contribution in [3.8, 4) is 0 Å². The van der Waals surface area contributed by atoms with E-state index in [1.54, 1.807) is 0 Å². The van der Waals surface area contributed by atoms with Crippen LogP contribution in [0.5, 0.6) is 0 Å². The first-order chi connectivity index (χ1) is 11.5. The highest BCUT2D eigenvalue weighted by atomic mass is 19.1. The number of ketones is 2. The third kappa shape index (κ3) is 3.40. The van der Waals surface area contributed by atoms with Crippen LogP contribution < -0.4 is 5.32 Å². The molecule has 5 heteroatoms. The Hall–Kier alpha value is -2.82. The number of benzene rings is 2. The SMILES string of the molecule is O=C1CC(c2ccccc2)CC(=O)C1C(=O)Nc1ccc(F)cc1. The van der Waals surface area contributed by atoms with Crippen LogP contribution in [-0.4, -0.2) is 17.5 Å². The summed E-state index contributed by atoms with van der Waals surface area (Å²) in [6, 6.07) is 14.5. The molecule has 0 atom stereocenters. The number of carbonyl (C=O) groups excluding carboxylic acids is 3. The van der Waals surface area contributed by atoms with Gasteiger partial charge in [-0.15, -0.1) is 0 Å². The zero-order valence-corrected chi connectivity index (χ0v) is 12.9. The molecule has 0 saturated heterocycles. The molecule has 3 rings (SSSR count). The minimum absolute atomic E-state index is 0.164. The van der Waals surface area contributed by atoms with Crippen LogP contribution >= 0.6 is 0 Å². The summed E-state index contributed by atoms with van der Waals surface area (Å²) in [4.78, 5) is 36.9. The average Bonchev–Trinajstić information content (AvgIpc) is 2.57. The molecule has 0 aliphatic heterocycles. The number of hydrogen-bond donors (Lipinski definition) is 1. The van der Waals surface area contributed by atoms with Crippen LogP contribution in [0.15, 0.2) is 54.6 Å². The number of carbonyl (C=O) groups is 3. The van der Waals surface area contributed by atoms with Gasteiger partial charge in [-0.1, -0.05) is 30.3 Å². The molecule has 0 radical (unpaired) electrons. The summed E-state index contributed by atoms with van der Waals surface area (Å²) in [5.74, 6) is -3.29. The van der Waals surface area contributed by atoms with E-state index in [-0.39, 0.29) is 30.3 Å². The Bertz CT molecular complexity index is 753. The van der Waals surface area contributed by atoms with E-state index in [1.165, 1.54) is 24.3 Å². The summed E-state index contributed by atoms with van der Waals surface area (Å²) in [6.45, 7) is 0. The maximum atomic E-state index is 12.9. The van der Waals surface area contributed by atoms with Crippen molar-refractivity contribution in [1.29, 1.82) is 0 Å². The Morgan fingerprint density at radius 1 is 0.917 bits per heavy atom. The Labute approximate surface area is 138 Å². The zero-order chi connectivity index (χ0) is 17.1. The highest BCUT2D eigenvalue weighted by molar-refractivity contribution is 6.23. The number of halogens is 1. The van der Waals surface area contributed by atoms with Gasteiger partial charge >= 0.3 is 0 Å². The molecule has 122 valence electrons. The number of amides is 1. The topological polar surface area (TPSA) is 63.2 Å². The molecule has 0 heterocycles. The molecule has 2 aromatic carbocycles. The van der Waals surface area contributed by atoms with Gasteiger partial charge in [-0.3, -0.25) is 14.4 Å². The van der Waals surface area contributed by atoms with E-state index in [0.717, 1.165) is 5.56 Å². The van der Waals surface area contributed by atoms with Crippen LogP contribution in [-0.2, 0) is 14.4 Å². The van der Waals surface area contributed by atoms with Gasteiger partial charge in [0, 0.05) is 18.5 Å². The van der Waals surface area contributed by atoms with Gasteiger partial charge in [0.1, 0.15) is 5.82 Å². The van der Waals surface area contributed by atoms with E-state index >= 15 is 0 Å². The van der Waals surface area contributed by atoms with E-state index in [9.17, 15) is 18.8 Å². The van der Waals surface area contributed by atoms with Crippen LogP contribution in [0.1, 0.15) is 24.3 Å². The second-order valence-electron chi connectivity index (χ2n) is 5.88. The molecule has 4 nitrogen and oxygen atoms in total. The van der Waals surface area contributed by atoms with Gasteiger partial charge < -0.3 is 5.32 Å². The minimum Gasteiger partial charge on any atom is -0.325 e. The van der Waals surface area contributed by atoms with Crippen LogP contribution in [0, 0.1) is 11.7 Å². The number of rotatable bonds is 3. The van der Waals surface area contributed by atoms with Crippen molar-refractivity contribution in [3.63, 3.8) is 0 Å². The summed E-state index contributed by atoms with van der Waals surface area (Å²) in [5, 5.41) is 2.51. The van der Waals surface area contributed by atoms with Gasteiger partial charge in [-0.05, 0) is 35.7 Å². The van der Waals surface area contributed by atoms with Crippen molar-refractivity contribution in [2.45, 2.75) is 18.8 Å². The number of nitrogens with one attached hydrogen (secondary N) is 1. The number of anilines is 1. The van der Waals surface area contributed by atoms with Gasteiger partial charge in [-0.25, -0.2) is 4.39 Å². The molecule has 0 spiro atoms. The van der Waals surface area contributed by atoms with E-state index in [2.05, 4.69) is 5.32 Å². The lowest BCUT2D eigenvalue weighted by molar-refractivity contribution is -0.141. The second kappa shape index (κ2) is 6.74. The summed E-state index contributed by atoms with van der Waals surface area (Å²) >= 11 is 0. The normalized spacial score (nSPS) is 20.7. The molecule has 0 aromatic heterocycles. The highest BCUT2D eigenvalue weighted by Crippen LogP contribution is 2.32. The smallest absolute Gasteiger partial charge is 0.242 e. The standard InChI is InChI=1S/C19H16FNO3/c20-14-6-8-15(9-7-14)21-19(24)18-16(22)10-13(11-17(18)23)12-4-2-1-3-5-12/h1-9,13,18H,10-11H2,(H,21,24). The van der Waals surface area contributed by atoms with Gasteiger partial charge in [0.15, 0.2) is 17.5 Å². The molecule has 1 aliphatic rings. The first kappa shape index (κ1) is 16.1. The fraction of sp³-hybridized carbons (Fsp3) is 0.211. The molecule has 24 heavy (non-hydrogen) atoms. The summed E-state index contributed by atoms with van der Waals surface area (Å²) in [6.07, 6.45) is 0.328. The van der Waals surface area contributed by atoms with Gasteiger partial charge in [0.2, 0.25) is 5.91 Å². The van der Waals surface area contributed by atoms with Gasteiger partial charge in [-0.2, -0.15) is 0 Å². The largest absolute Gasteiger partial charge is 0.325 e. The Balaban J connectivity index is 1.71. The lowest BCUT2D eigenvalue weighted by Crippen LogP contribution is -2.40. The third-order valence-corrected chi connectivity index (χ3v) is 4.18. The van der Waals surface area contributed by atoms with E-state index < -0.39 is 17.6 Å². The molecule has 1 amide bonds. The maximum Gasteiger partial charge on any atom is 0.242 e. The van der Waals surface area contributed by atoms with E-state index in [1.807, 2.05) is 30.3 Å². The quantitative estimate of drug-likeness (QED) is 0.882. The zero-order valence-electron chi connectivity index (χ0n) is 12.9. The Morgan fingerprint density at radius 3 is 2.08 bits per heavy atom. The van der Waals surface area contributed by atoms with Crippen LogP contribution in [0.4, 0.5) is 10.1 Å². The van der Waals surface area contributed by atoms with Crippen molar-refractivity contribution in [1.82, 2.24) is 0 Å². The molecular weight excluding hydrogens is 309 g/mol. The molecule has 1 fully saturated rings. The molecule has 0 unspecified atom stereocenters. The van der Waals surface area contributed by atoms with Crippen molar-refractivity contribution < 1.29 is 18.8 Å². The summed E-state index contributed by atoms with van der Waals surface area (Å²) in [5.41, 5.74) is 1.28. The van der Waals surface area contributed by atoms with Crippen LogP contribution in [0.2, 0.25) is 0 Å². The molecule has 1 aliphatic carbocycles. The summed E-state index contributed by atoms with van der Waals surface area (Å²) in [7, 11) is 0. The lowest BCUT2D eigenvalue weighted by atomic mass is 9.76. The van der Waals surface area contributed by atoms with Crippen molar-refractivity contribution >= 4 is 23.2 Å². The average molecular weight is 325 g/mol. The maximum absolute atomic E-state index is 12.9. The molecule has 2 aromatic rings. The van der Waals surface area contributed by atoms with Crippen LogP contribution in [0.3, 0.4) is 0 Å². The van der Waals surface area contributed by atoms with Crippen molar-refractivity contribution in [3.05, 3.63) is 66.0 Å². The fourth-order valence-corrected chi connectivity index (χ4v) is 2.97. The minimum atomic E-state index is -1.28. The molecule has 1 N–H and O–H groups in total. The highest BCUT2D eigenvalue weighted by Gasteiger charge is 2.40. The Kier molecular flexibility index (Phi) is 4.51. The van der Waals surface area contributed by atoms with Gasteiger partial charge in [0.25, 0.3) is 0 Å². The number of Topliss-reactive ketones (excluding diaryl/α,β-unsaturated/α-hetero) is 2. The second-order valence-corrected chi connectivity index (χ2v) is 5.88. The molecule has 0 bridgehead atoms. The molecule has 1 saturated carbocycles. The van der Waals surface area contributed by atoms with E-state index in [4.69, 9.17) is 0 Å². The predicted molar refractivity (Wildman–Crippen MR) is 87.0 cm³/mol. The lowest BCUT2D eigenvalue weighted by Gasteiger charge is -2.26. The fourth-order valence-electron chi connectivity index (χ4n) is 2.97. The number of hydrogen-bond acceptors (Lipinski definition) is 3. The first-order valence-corrected chi connectivity index (χ1v) is 7.71. The van der Waals surface area contributed by atoms with Crippen molar-refractivity contribution in [2.24, 2.45) is 5.92 Å². The monoisotopic (exact) mass is 325 g/mol. The predicted octanol–water partition coefficient (Wildman–Crippen LogP) is 3.10. The first-order valence-electron chi connectivity index (χ1n) is 7.71.